The van der Waals surface area contributed by atoms with Gasteiger partial charge in [-0.25, -0.2) is 0 Å². The van der Waals surface area contributed by atoms with E-state index >= 15 is 0 Å². The molecule has 2 fully saturated rings. The molecule has 3 nitrogen and oxygen atoms in total. The molecule has 0 aliphatic carbocycles. The van der Waals surface area contributed by atoms with Gasteiger partial charge in [-0.05, 0) is 50.8 Å². The van der Waals surface area contributed by atoms with Crippen molar-refractivity contribution in [2.75, 3.05) is 13.1 Å². The third kappa shape index (κ3) is 2.74. The lowest BCUT2D eigenvalue weighted by Gasteiger charge is -2.27. The molecule has 1 aromatic rings. The smallest absolute Gasteiger partial charge is 0.264 e. The Morgan fingerprint density at radius 2 is 2.15 bits per heavy atom. The molecule has 1 aromatic heterocycles. The van der Waals surface area contributed by atoms with Gasteiger partial charge in [0.05, 0.1) is 4.88 Å². The first-order valence-electron chi connectivity index (χ1n) is 7.33. The molecule has 112 valence electrons. The number of thiophene rings is 1. The van der Waals surface area contributed by atoms with E-state index < -0.39 is 0 Å². The van der Waals surface area contributed by atoms with Gasteiger partial charge in [0.2, 0.25) is 0 Å². The SMILES string of the molecule is CCc1sc(C(=O)N2C3CCNCC2CC3)cc1C.Cl. The van der Waals surface area contributed by atoms with Crippen LogP contribution in [0, 0.1) is 6.92 Å². The summed E-state index contributed by atoms with van der Waals surface area (Å²) in [5.74, 6) is 0.268. The van der Waals surface area contributed by atoms with Crippen molar-refractivity contribution in [1.82, 2.24) is 10.2 Å². The van der Waals surface area contributed by atoms with E-state index in [2.05, 4.69) is 30.1 Å². The van der Waals surface area contributed by atoms with E-state index in [-0.39, 0.29) is 18.3 Å². The predicted octanol–water partition coefficient (Wildman–Crippen LogP) is 3.01. The summed E-state index contributed by atoms with van der Waals surface area (Å²) >= 11 is 1.69. The Bertz CT molecular complexity index is 474. The summed E-state index contributed by atoms with van der Waals surface area (Å²) < 4.78 is 0. The van der Waals surface area contributed by atoms with E-state index in [9.17, 15) is 4.79 Å². The Hall–Kier alpha value is -0.580. The normalized spacial score (nSPS) is 25.2. The fourth-order valence-electron chi connectivity index (χ4n) is 3.42. The van der Waals surface area contributed by atoms with Crippen LogP contribution in [-0.2, 0) is 6.42 Å². The van der Waals surface area contributed by atoms with Crippen molar-refractivity contribution >= 4 is 29.7 Å². The second-order valence-corrected chi connectivity index (χ2v) is 6.80. The number of halogens is 1. The fourth-order valence-corrected chi connectivity index (χ4v) is 4.48. The fraction of sp³-hybridized carbons (Fsp3) is 0.667. The largest absolute Gasteiger partial charge is 0.331 e. The van der Waals surface area contributed by atoms with Crippen LogP contribution in [-0.4, -0.2) is 36.0 Å². The lowest BCUT2D eigenvalue weighted by molar-refractivity contribution is 0.0685. The molecule has 0 aromatic carbocycles. The Morgan fingerprint density at radius 3 is 2.85 bits per heavy atom. The van der Waals surface area contributed by atoms with Crippen molar-refractivity contribution in [2.24, 2.45) is 0 Å². The Labute approximate surface area is 131 Å². The van der Waals surface area contributed by atoms with Crippen LogP contribution in [0.3, 0.4) is 0 Å². The predicted molar refractivity (Wildman–Crippen MR) is 86.1 cm³/mol. The highest BCUT2D eigenvalue weighted by molar-refractivity contribution is 7.14. The van der Waals surface area contributed by atoms with Gasteiger partial charge in [-0.1, -0.05) is 6.92 Å². The standard InChI is InChI=1S/C15H22N2OS.ClH/c1-3-13-10(2)8-14(19-13)15(18)17-11-4-5-12(17)9-16-7-6-11;/h8,11-12,16H,3-7,9H2,1-2H3;1H. The number of carbonyl (C=O) groups excluding carboxylic acids is 1. The number of rotatable bonds is 2. The highest BCUT2D eigenvalue weighted by Crippen LogP contribution is 2.32. The monoisotopic (exact) mass is 314 g/mol. The second-order valence-electron chi connectivity index (χ2n) is 5.66. The molecule has 3 rings (SSSR count). The first kappa shape index (κ1) is 15.8. The number of aryl methyl sites for hydroxylation is 2. The van der Waals surface area contributed by atoms with Crippen LogP contribution in [0.2, 0.25) is 0 Å². The Morgan fingerprint density at radius 1 is 1.40 bits per heavy atom. The maximum Gasteiger partial charge on any atom is 0.264 e. The topological polar surface area (TPSA) is 32.3 Å². The minimum atomic E-state index is 0. The van der Waals surface area contributed by atoms with Crippen LogP contribution in [0.4, 0.5) is 0 Å². The zero-order chi connectivity index (χ0) is 13.4. The third-order valence-electron chi connectivity index (χ3n) is 4.44. The molecular formula is C15H23ClN2OS. The van der Waals surface area contributed by atoms with Gasteiger partial charge in [-0.3, -0.25) is 4.79 Å². The van der Waals surface area contributed by atoms with Crippen molar-refractivity contribution < 1.29 is 4.79 Å². The van der Waals surface area contributed by atoms with E-state index in [1.165, 1.54) is 16.9 Å². The van der Waals surface area contributed by atoms with Gasteiger partial charge in [0.15, 0.2) is 0 Å². The summed E-state index contributed by atoms with van der Waals surface area (Å²) in [7, 11) is 0. The maximum atomic E-state index is 12.8. The zero-order valence-corrected chi connectivity index (χ0v) is 13.8. The third-order valence-corrected chi connectivity index (χ3v) is 5.81. The molecule has 2 aliphatic rings. The molecule has 3 heterocycles. The van der Waals surface area contributed by atoms with Crippen molar-refractivity contribution in [3.63, 3.8) is 0 Å². The van der Waals surface area contributed by atoms with Gasteiger partial charge in [-0.15, -0.1) is 23.7 Å². The first-order chi connectivity index (χ1) is 9.20. The Kier molecular flexibility index (Phi) is 5.10. The number of hydrogen-bond acceptors (Lipinski definition) is 3. The quantitative estimate of drug-likeness (QED) is 0.910. The molecule has 2 atom stereocenters. The molecule has 0 spiro atoms. The summed E-state index contributed by atoms with van der Waals surface area (Å²) in [6, 6.07) is 2.95. The molecular weight excluding hydrogens is 292 g/mol. The van der Waals surface area contributed by atoms with Crippen molar-refractivity contribution in [3.05, 3.63) is 21.4 Å². The molecule has 20 heavy (non-hydrogen) atoms. The van der Waals surface area contributed by atoms with Crippen LogP contribution >= 0.6 is 23.7 Å². The molecule has 2 bridgehead atoms. The van der Waals surface area contributed by atoms with Crippen molar-refractivity contribution in [1.29, 1.82) is 0 Å². The van der Waals surface area contributed by atoms with Crippen LogP contribution in [0.25, 0.3) is 0 Å². The van der Waals surface area contributed by atoms with Gasteiger partial charge in [0, 0.05) is 23.5 Å². The van der Waals surface area contributed by atoms with E-state index in [1.807, 2.05) is 0 Å². The minimum absolute atomic E-state index is 0. The Balaban J connectivity index is 0.00000147. The van der Waals surface area contributed by atoms with Gasteiger partial charge in [-0.2, -0.15) is 0 Å². The molecule has 2 unspecified atom stereocenters. The summed E-state index contributed by atoms with van der Waals surface area (Å²) in [5, 5.41) is 3.45. The minimum Gasteiger partial charge on any atom is -0.331 e. The highest BCUT2D eigenvalue weighted by Gasteiger charge is 2.38. The van der Waals surface area contributed by atoms with E-state index in [4.69, 9.17) is 0 Å². The average Bonchev–Trinajstić information content (AvgIpc) is 2.88. The molecule has 0 radical (unpaired) electrons. The van der Waals surface area contributed by atoms with Gasteiger partial charge < -0.3 is 10.2 Å². The van der Waals surface area contributed by atoms with Gasteiger partial charge in [0.1, 0.15) is 0 Å². The number of nitrogens with one attached hydrogen (secondary N) is 1. The number of amides is 1. The van der Waals surface area contributed by atoms with Crippen LogP contribution in [0.15, 0.2) is 6.07 Å². The first-order valence-corrected chi connectivity index (χ1v) is 8.15. The number of carbonyl (C=O) groups is 1. The average molecular weight is 315 g/mol. The number of fused-ring (bicyclic) bond motifs is 2. The highest BCUT2D eigenvalue weighted by atomic mass is 35.5. The molecule has 1 N–H and O–H groups in total. The summed E-state index contributed by atoms with van der Waals surface area (Å²) in [5.41, 5.74) is 1.27. The van der Waals surface area contributed by atoms with Crippen LogP contribution in [0.1, 0.15) is 46.3 Å². The second kappa shape index (κ2) is 6.46. The van der Waals surface area contributed by atoms with E-state index in [0.29, 0.717) is 12.1 Å². The van der Waals surface area contributed by atoms with Crippen molar-refractivity contribution in [3.8, 4) is 0 Å². The maximum absolute atomic E-state index is 12.8. The van der Waals surface area contributed by atoms with Crippen molar-refractivity contribution in [2.45, 2.75) is 51.6 Å². The number of nitrogens with zero attached hydrogens (tertiary/aromatic N) is 1. The van der Waals surface area contributed by atoms with Gasteiger partial charge in [0.25, 0.3) is 5.91 Å². The zero-order valence-electron chi connectivity index (χ0n) is 12.1. The van der Waals surface area contributed by atoms with Gasteiger partial charge >= 0.3 is 0 Å². The summed E-state index contributed by atoms with van der Waals surface area (Å²) in [6.07, 6.45) is 4.48. The van der Waals surface area contributed by atoms with Crippen LogP contribution < -0.4 is 5.32 Å². The summed E-state index contributed by atoms with van der Waals surface area (Å²) in [4.78, 5) is 17.3. The molecule has 1 amide bonds. The van der Waals surface area contributed by atoms with E-state index in [1.54, 1.807) is 11.3 Å². The number of hydrogen-bond donors (Lipinski definition) is 1. The molecule has 5 heteroatoms. The molecule has 0 saturated carbocycles. The summed E-state index contributed by atoms with van der Waals surface area (Å²) in [6.45, 7) is 6.29. The lowest BCUT2D eigenvalue weighted by Crippen LogP contribution is -2.42. The molecule has 2 saturated heterocycles. The lowest BCUT2D eigenvalue weighted by atomic mass is 10.1. The molecule has 2 aliphatic heterocycles. The van der Waals surface area contributed by atoms with Crippen LogP contribution in [0.5, 0.6) is 0 Å². The van der Waals surface area contributed by atoms with E-state index in [0.717, 1.165) is 37.2 Å².